The number of anilines is 1. The van der Waals surface area contributed by atoms with Gasteiger partial charge in [0.15, 0.2) is 0 Å². The molecule has 0 fully saturated rings. The number of rotatable bonds is 4. The summed E-state index contributed by atoms with van der Waals surface area (Å²) in [6.07, 6.45) is 1.47. The highest BCUT2D eigenvalue weighted by Crippen LogP contribution is 2.13. The zero-order valence-electron chi connectivity index (χ0n) is 9.59. The van der Waals surface area contributed by atoms with E-state index in [2.05, 4.69) is 5.32 Å². The fourth-order valence-corrected chi connectivity index (χ4v) is 1.35. The predicted octanol–water partition coefficient (Wildman–Crippen LogP) is 2.20. The molecule has 0 aromatic heterocycles. The molecular weight excluding hydrogens is 207 g/mol. The summed E-state index contributed by atoms with van der Waals surface area (Å²) in [6.45, 7) is 3.63. The van der Waals surface area contributed by atoms with Crippen LogP contribution in [0.25, 0.3) is 0 Å². The van der Waals surface area contributed by atoms with E-state index >= 15 is 0 Å². The quantitative estimate of drug-likeness (QED) is 0.823. The van der Waals surface area contributed by atoms with Gasteiger partial charge in [-0.1, -0.05) is 19.4 Å². The Bertz CT molecular complexity index is 379. The van der Waals surface area contributed by atoms with Gasteiger partial charge in [0.1, 0.15) is 5.82 Å². The second-order valence-electron chi connectivity index (χ2n) is 3.85. The molecule has 4 heteroatoms. The fraction of sp³-hybridized carbons (Fsp3) is 0.417. The van der Waals surface area contributed by atoms with Crippen LogP contribution in [0.5, 0.6) is 0 Å². The number of hydrogen-bond donors (Lipinski definition) is 2. The molecule has 0 saturated heterocycles. The summed E-state index contributed by atoms with van der Waals surface area (Å²) in [4.78, 5) is 11.5. The van der Waals surface area contributed by atoms with Gasteiger partial charge in [-0.3, -0.25) is 4.79 Å². The summed E-state index contributed by atoms with van der Waals surface area (Å²) >= 11 is 0. The summed E-state index contributed by atoms with van der Waals surface area (Å²) in [5.41, 5.74) is 6.63. The molecule has 0 aliphatic carbocycles. The number of aryl methyl sites for hydroxylation is 1. The number of benzene rings is 1. The third-order valence-corrected chi connectivity index (χ3v) is 2.38. The van der Waals surface area contributed by atoms with Crippen LogP contribution < -0.4 is 11.1 Å². The smallest absolute Gasteiger partial charge is 0.241 e. The molecule has 3 N–H and O–H groups in total. The molecule has 0 radical (unpaired) electrons. The Morgan fingerprint density at radius 1 is 1.56 bits per heavy atom. The molecule has 0 aliphatic heterocycles. The van der Waals surface area contributed by atoms with E-state index in [9.17, 15) is 9.18 Å². The highest BCUT2D eigenvalue weighted by molar-refractivity contribution is 5.94. The Hall–Kier alpha value is -1.42. The molecule has 0 heterocycles. The number of amides is 1. The first-order valence-corrected chi connectivity index (χ1v) is 5.37. The Morgan fingerprint density at radius 2 is 2.25 bits per heavy atom. The maximum Gasteiger partial charge on any atom is 0.241 e. The van der Waals surface area contributed by atoms with E-state index in [-0.39, 0.29) is 11.7 Å². The van der Waals surface area contributed by atoms with E-state index in [0.29, 0.717) is 17.7 Å². The van der Waals surface area contributed by atoms with Crippen molar-refractivity contribution in [2.75, 3.05) is 5.32 Å². The maximum atomic E-state index is 13.2. The third kappa shape index (κ3) is 3.31. The van der Waals surface area contributed by atoms with Crippen molar-refractivity contribution in [3.63, 3.8) is 0 Å². The van der Waals surface area contributed by atoms with Gasteiger partial charge in [0.2, 0.25) is 5.91 Å². The van der Waals surface area contributed by atoms with Gasteiger partial charge in [0.05, 0.1) is 6.04 Å². The topological polar surface area (TPSA) is 55.1 Å². The van der Waals surface area contributed by atoms with Crippen molar-refractivity contribution in [2.24, 2.45) is 5.73 Å². The zero-order chi connectivity index (χ0) is 12.1. The zero-order valence-corrected chi connectivity index (χ0v) is 9.59. The molecule has 3 nitrogen and oxygen atoms in total. The summed E-state index contributed by atoms with van der Waals surface area (Å²) in [5, 5.41) is 2.59. The minimum Gasteiger partial charge on any atom is -0.325 e. The molecule has 1 aromatic carbocycles. The van der Waals surface area contributed by atoms with E-state index in [1.54, 1.807) is 19.1 Å². The van der Waals surface area contributed by atoms with Gasteiger partial charge in [-0.15, -0.1) is 0 Å². The van der Waals surface area contributed by atoms with Gasteiger partial charge < -0.3 is 11.1 Å². The molecule has 1 amide bonds. The lowest BCUT2D eigenvalue weighted by Crippen LogP contribution is -2.35. The Labute approximate surface area is 94.8 Å². The van der Waals surface area contributed by atoms with Gasteiger partial charge >= 0.3 is 0 Å². The highest BCUT2D eigenvalue weighted by atomic mass is 19.1. The van der Waals surface area contributed by atoms with E-state index in [0.717, 1.165) is 6.42 Å². The molecular formula is C12H17FN2O. The van der Waals surface area contributed by atoms with Crippen LogP contribution in [0.1, 0.15) is 25.3 Å². The van der Waals surface area contributed by atoms with Crippen LogP contribution in [0.4, 0.5) is 10.1 Å². The van der Waals surface area contributed by atoms with Crippen LogP contribution in [-0.4, -0.2) is 11.9 Å². The first-order valence-electron chi connectivity index (χ1n) is 5.37. The number of carbonyl (C=O) groups excluding carboxylic acids is 1. The largest absolute Gasteiger partial charge is 0.325 e. The van der Waals surface area contributed by atoms with Gasteiger partial charge in [-0.25, -0.2) is 4.39 Å². The van der Waals surface area contributed by atoms with Crippen LogP contribution >= 0.6 is 0 Å². The minimum absolute atomic E-state index is 0.273. The number of halogens is 1. The van der Waals surface area contributed by atoms with Crippen molar-refractivity contribution in [3.8, 4) is 0 Å². The number of nitrogens with two attached hydrogens (primary N) is 1. The molecule has 0 spiro atoms. The summed E-state index contributed by atoms with van der Waals surface area (Å²) in [5.74, 6) is -0.605. The highest BCUT2D eigenvalue weighted by Gasteiger charge is 2.12. The molecule has 0 unspecified atom stereocenters. The molecule has 1 aromatic rings. The molecule has 0 aliphatic rings. The number of nitrogens with one attached hydrogen (secondary N) is 1. The third-order valence-electron chi connectivity index (χ3n) is 2.38. The normalized spacial score (nSPS) is 12.2. The molecule has 16 heavy (non-hydrogen) atoms. The van der Waals surface area contributed by atoms with Gasteiger partial charge in [0, 0.05) is 5.69 Å². The number of hydrogen-bond acceptors (Lipinski definition) is 2. The SMILES string of the molecule is CCC[C@H](N)C(=O)Nc1ccc(C)c(F)c1. The van der Waals surface area contributed by atoms with Crippen LogP contribution in [0.15, 0.2) is 18.2 Å². The Balaban J connectivity index is 2.66. The van der Waals surface area contributed by atoms with Crippen molar-refractivity contribution < 1.29 is 9.18 Å². The minimum atomic E-state index is -0.533. The van der Waals surface area contributed by atoms with Gasteiger partial charge in [-0.2, -0.15) is 0 Å². The van der Waals surface area contributed by atoms with Crippen LogP contribution in [-0.2, 0) is 4.79 Å². The van der Waals surface area contributed by atoms with Crippen molar-refractivity contribution in [3.05, 3.63) is 29.6 Å². The lowest BCUT2D eigenvalue weighted by atomic mass is 10.1. The maximum absolute atomic E-state index is 13.2. The van der Waals surface area contributed by atoms with E-state index in [4.69, 9.17) is 5.73 Å². The molecule has 1 rings (SSSR count). The first kappa shape index (κ1) is 12.6. The fourth-order valence-electron chi connectivity index (χ4n) is 1.35. The molecule has 1 atom stereocenters. The van der Waals surface area contributed by atoms with Crippen LogP contribution in [0, 0.1) is 12.7 Å². The average molecular weight is 224 g/mol. The van der Waals surface area contributed by atoms with E-state index < -0.39 is 6.04 Å². The number of carbonyl (C=O) groups is 1. The Kier molecular flexibility index (Phi) is 4.43. The van der Waals surface area contributed by atoms with Crippen molar-refractivity contribution in [1.82, 2.24) is 0 Å². The molecule has 0 bridgehead atoms. The second kappa shape index (κ2) is 5.61. The first-order chi connectivity index (χ1) is 7.54. The Morgan fingerprint density at radius 3 is 2.81 bits per heavy atom. The van der Waals surface area contributed by atoms with E-state index in [1.165, 1.54) is 6.07 Å². The average Bonchev–Trinajstić information content (AvgIpc) is 2.24. The van der Waals surface area contributed by atoms with E-state index in [1.807, 2.05) is 6.92 Å². The van der Waals surface area contributed by atoms with Crippen molar-refractivity contribution >= 4 is 11.6 Å². The van der Waals surface area contributed by atoms with Crippen LogP contribution in [0.3, 0.4) is 0 Å². The van der Waals surface area contributed by atoms with Gasteiger partial charge in [-0.05, 0) is 31.0 Å². The molecule has 88 valence electrons. The second-order valence-corrected chi connectivity index (χ2v) is 3.85. The summed E-state index contributed by atoms with van der Waals surface area (Å²) < 4.78 is 13.2. The summed E-state index contributed by atoms with van der Waals surface area (Å²) in [7, 11) is 0. The molecule has 0 saturated carbocycles. The standard InChI is InChI=1S/C12H17FN2O/c1-3-4-11(14)12(16)15-9-6-5-8(2)10(13)7-9/h5-7,11H,3-4,14H2,1-2H3,(H,15,16)/t11-/m0/s1. The van der Waals surface area contributed by atoms with Crippen molar-refractivity contribution in [1.29, 1.82) is 0 Å². The summed E-state index contributed by atoms with van der Waals surface area (Å²) in [6, 6.07) is 4.05. The lowest BCUT2D eigenvalue weighted by molar-refractivity contribution is -0.117. The van der Waals surface area contributed by atoms with Crippen LogP contribution in [0.2, 0.25) is 0 Å². The monoisotopic (exact) mass is 224 g/mol. The van der Waals surface area contributed by atoms with Crippen molar-refractivity contribution in [2.45, 2.75) is 32.7 Å². The van der Waals surface area contributed by atoms with Gasteiger partial charge in [0.25, 0.3) is 0 Å². The predicted molar refractivity (Wildman–Crippen MR) is 62.7 cm³/mol. The lowest BCUT2D eigenvalue weighted by Gasteiger charge is -2.11.